The summed E-state index contributed by atoms with van der Waals surface area (Å²) in [5, 5.41) is 2.85. The van der Waals surface area contributed by atoms with Crippen LogP contribution in [0.4, 0.5) is 16.4 Å². The van der Waals surface area contributed by atoms with Gasteiger partial charge < -0.3 is 15.0 Å². The fourth-order valence-corrected chi connectivity index (χ4v) is 3.91. The lowest BCUT2D eigenvalue weighted by Gasteiger charge is -2.25. The van der Waals surface area contributed by atoms with Gasteiger partial charge in [0.15, 0.2) is 0 Å². The number of carbonyl (C=O) groups excluding carboxylic acids is 2. The maximum atomic E-state index is 13.2. The van der Waals surface area contributed by atoms with Crippen molar-refractivity contribution in [2.45, 2.75) is 45.6 Å². The predicted octanol–water partition coefficient (Wildman–Crippen LogP) is 3.66. The fourth-order valence-electron chi connectivity index (χ4n) is 3.91. The van der Waals surface area contributed by atoms with Gasteiger partial charge in [0, 0.05) is 12.7 Å². The normalized spacial score (nSPS) is 18.6. The van der Waals surface area contributed by atoms with Gasteiger partial charge in [-0.3, -0.25) is 9.69 Å². The van der Waals surface area contributed by atoms with Gasteiger partial charge in [0.2, 0.25) is 5.91 Å². The van der Waals surface area contributed by atoms with E-state index in [0.29, 0.717) is 36.5 Å². The zero-order chi connectivity index (χ0) is 22.0. The van der Waals surface area contributed by atoms with Crippen molar-refractivity contribution in [1.29, 1.82) is 0 Å². The Morgan fingerprint density at radius 2 is 2.06 bits per heavy atom. The van der Waals surface area contributed by atoms with E-state index in [-0.39, 0.29) is 30.4 Å². The van der Waals surface area contributed by atoms with Crippen LogP contribution in [0.5, 0.6) is 5.75 Å². The molecule has 0 spiro atoms. The van der Waals surface area contributed by atoms with Crippen molar-refractivity contribution in [2.24, 2.45) is 5.92 Å². The van der Waals surface area contributed by atoms with Crippen molar-refractivity contribution in [2.75, 3.05) is 29.9 Å². The predicted molar refractivity (Wildman–Crippen MR) is 118 cm³/mol. The summed E-state index contributed by atoms with van der Waals surface area (Å²) in [6.07, 6.45) is 5.71. The van der Waals surface area contributed by atoms with E-state index in [0.717, 1.165) is 0 Å². The summed E-state index contributed by atoms with van der Waals surface area (Å²) in [5.74, 6) is 2.28. The van der Waals surface area contributed by atoms with Gasteiger partial charge in [-0.2, -0.15) is 0 Å². The maximum absolute atomic E-state index is 13.2. The van der Waals surface area contributed by atoms with Crippen LogP contribution in [0.1, 0.15) is 45.1 Å². The van der Waals surface area contributed by atoms with Gasteiger partial charge >= 0.3 is 6.03 Å². The number of hydrogen-bond acceptors (Lipinski definition) is 5. The number of urea groups is 1. The summed E-state index contributed by atoms with van der Waals surface area (Å²) in [5.41, 5.74) is 1.20. The highest BCUT2D eigenvalue weighted by atomic mass is 16.5. The van der Waals surface area contributed by atoms with E-state index in [9.17, 15) is 9.59 Å². The summed E-state index contributed by atoms with van der Waals surface area (Å²) in [4.78, 5) is 37.8. The molecule has 8 heteroatoms. The van der Waals surface area contributed by atoms with Crippen molar-refractivity contribution in [3.8, 4) is 5.75 Å². The number of rotatable bonds is 8. The second-order valence-corrected chi connectivity index (χ2v) is 8.41. The monoisotopic (exact) mass is 423 g/mol. The third-order valence-electron chi connectivity index (χ3n) is 5.74. The van der Waals surface area contributed by atoms with Gasteiger partial charge in [0.25, 0.3) is 0 Å². The van der Waals surface area contributed by atoms with E-state index in [2.05, 4.69) is 29.1 Å². The summed E-state index contributed by atoms with van der Waals surface area (Å²) in [6, 6.07) is 7.20. The van der Waals surface area contributed by atoms with Crippen molar-refractivity contribution in [3.05, 3.63) is 42.2 Å². The van der Waals surface area contributed by atoms with Crippen molar-refractivity contribution < 1.29 is 14.3 Å². The second kappa shape index (κ2) is 8.91. The highest BCUT2D eigenvalue weighted by molar-refractivity contribution is 5.99. The third kappa shape index (κ3) is 4.78. The molecular formula is C23H29N5O3. The van der Waals surface area contributed by atoms with E-state index < -0.39 is 0 Å². The van der Waals surface area contributed by atoms with E-state index >= 15 is 0 Å². The number of carbonyl (C=O) groups is 2. The lowest BCUT2D eigenvalue weighted by atomic mass is 10.0. The molecular weight excluding hydrogens is 394 g/mol. The minimum absolute atomic E-state index is 0.0233. The molecule has 164 valence electrons. The molecule has 0 unspecified atom stereocenters. The molecule has 3 amide bonds. The zero-order valence-corrected chi connectivity index (χ0v) is 18.2. The molecule has 0 radical (unpaired) electrons. The van der Waals surface area contributed by atoms with E-state index in [4.69, 9.17) is 4.74 Å². The Labute approximate surface area is 182 Å². The van der Waals surface area contributed by atoms with Crippen molar-refractivity contribution >= 4 is 23.6 Å². The Bertz CT molecular complexity index is 942. The maximum Gasteiger partial charge on any atom is 0.326 e. The first kappa shape index (κ1) is 21.1. The smallest absolute Gasteiger partial charge is 0.326 e. The molecule has 1 atom stereocenters. The molecule has 2 fully saturated rings. The summed E-state index contributed by atoms with van der Waals surface area (Å²) < 4.78 is 5.43. The van der Waals surface area contributed by atoms with Crippen LogP contribution in [-0.2, 0) is 4.79 Å². The van der Waals surface area contributed by atoms with Gasteiger partial charge in [-0.15, -0.1) is 0 Å². The molecule has 3 heterocycles. The first-order chi connectivity index (χ1) is 15.0. The Hall–Kier alpha value is -3.16. The molecule has 1 aliphatic carbocycles. The van der Waals surface area contributed by atoms with E-state index in [1.54, 1.807) is 34.3 Å². The number of hydrogen-bond donors (Lipinski definition) is 1. The summed E-state index contributed by atoms with van der Waals surface area (Å²) in [6.45, 7) is 7.04. The molecule has 1 saturated heterocycles. The fraction of sp³-hybridized carbons (Fsp3) is 0.478. The summed E-state index contributed by atoms with van der Waals surface area (Å²) >= 11 is 0. The second-order valence-electron chi connectivity index (χ2n) is 8.41. The molecule has 2 aromatic rings. The van der Waals surface area contributed by atoms with Crippen LogP contribution in [0.2, 0.25) is 0 Å². The van der Waals surface area contributed by atoms with Gasteiger partial charge in [0.1, 0.15) is 23.9 Å². The molecule has 1 saturated carbocycles. The topological polar surface area (TPSA) is 87.7 Å². The first-order valence-corrected chi connectivity index (χ1v) is 10.9. The Morgan fingerprint density at radius 3 is 2.71 bits per heavy atom. The van der Waals surface area contributed by atoms with Crippen molar-refractivity contribution in [3.63, 3.8) is 0 Å². The zero-order valence-electron chi connectivity index (χ0n) is 18.2. The van der Waals surface area contributed by atoms with Crippen LogP contribution < -0.4 is 15.0 Å². The quantitative estimate of drug-likeness (QED) is 0.700. The third-order valence-corrected chi connectivity index (χ3v) is 5.74. The average Bonchev–Trinajstić information content (AvgIpc) is 3.55. The van der Waals surface area contributed by atoms with Gasteiger partial charge in [-0.1, -0.05) is 13.8 Å². The Balaban J connectivity index is 1.45. The first-order valence-electron chi connectivity index (χ1n) is 10.9. The highest BCUT2D eigenvalue weighted by Gasteiger charge is 2.41. The molecule has 1 aliphatic heterocycles. The lowest BCUT2D eigenvalue weighted by molar-refractivity contribution is -0.117. The number of aromatic nitrogens is 2. The van der Waals surface area contributed by atoms with Crippen molar-refractivity contribution in [1.82, 2.24) is 14.9 Å². The number of nitrogens with zero attached hydrogens (tertiary/aromatic N) is 4. The largest absolute Gasteiger partial charge is 0.492 e. The molecule has 4 rings (SSSR count). The minimum Gasteiger partial charge on any atom is -0.492 e. The van der Waals surface area contributed by atoms with Crippen LogP contribution in [-0.4, -0.2) is 52.5 Å². The molecule has 8 nitrogen and oxygen atoms in total. The van der Waals surface area contributed by atoms with Crippen LogP contribution in [0.15, 0.2) is 36.7 Å². The molecule has 1 N–H and O–H groups in total. The number of ether oxygens (including phenoxy) is 1. The van der Waals surface area contributed by atoms with Crippen LogP contribution >= 0.6 is 0 Å². The average molecular weight is 424 g/mol. The SMILES string of the molecule is CCOc1ccc(N2C[C@H](C(C)C)N(CC(=O)Nc3cc(C4CC4)ccn3)C2=O)nc1. The lowest BCUT2D eigenvalue weighted by Crippen LogP contribution is -2.42. The van der Waals surface area contributed by atoms with E-state index in [1.807, 2.05) is 19.1 Å². The highest BCUT2D eigenvalue weighted by Crippen LogP contribution is 2.40. The minimum atomic E-state index is -0.249. The molecule has 0 bridgehead atoms. The standard InChI is InChI=1S/C23H29N5O3/c1-4-31-18-7-8-21(25-12-18)28-13-19(15(2)3)27(23(28)30)14-22(29)26-20-11-17(9-10-24-20)16-5-6-16/h7-12,15-16,19H,4-6,13-14H2,1-3H3,(H,24,26,29)/t19-/m1/s1. The number of pyridine rings is 2. The summed E-state index contributed by atoms with van der Waals surface area (Å²) in [7, 11) is 0. The van der Waals surface area contributed by atoms with Gasteiger partial charge in [0.05, 0.1) is 18.8 Å². The van der Waals surface area contributed by atoms with Crippen LogP contribution in [0.3, 0.4) is 0 Å². The Kier molecular flexibility index (Phi) is 6.06. The van der Waals surface area contributed by atoms with Crippen LogP contribution in [0.25, 0.3) is 0 Å². The molecule has 31 heavy (non-hydrogen) atoms. The Morgan fingerprint density at radius 1 is 1.26 bits per heavy atom. The molecule has 2 aromatic heterocycles. The number of nitrogens with one attached hydrogen (secondary N) is 1. The van der Waals surface area contributed by atoms with Crippen LogP contribution in [0, 0.1) is 5.92 Å². The van der Waals surface area contributed by atoms with Gasteiger partial charge in [-0.05, 0) is 61.4 Å². The van der Waals surface area contributed by atoms with E-state index in [1.165, 1.54) is 18.4 Å². The number of anilines is 2. The molecule has 0 aromatic carbocycles. The molecule has 2 aliphatic rings. The number of amides is 3. The van der Waals surface area contributed by atoms with Gasteiger partial charge in [-0.25, -0.2) is 14.8 Å².